The Labute approximate surface area is 215 Å². The molecule has 1 unspecified atom stereocenters. The molecule has 1 aliphatic rings. The van der Waals surface area contributed by atoms with E-state index in [1.165, 1.54) is 41.3 Å². The van der Waals surface area contributed by atoms with E-state index in [-0.39, 0.29) is 27.1 Å². The van der Waals surface area contributed by atoms with Crippen LogP contribution in [0.5, 0.6) is 0 Å². The zero-order valence-electron chi connectivity index (χ0n) is 19.1. The van der Waals surface area contributed by atoms with Gasteiger partial charge < -0.3 is 15.0 Å². The van der Waals surface area contributed by atoms with Crippen molar-refractivity contribution in [2.24, 2.45) is 0 Å². The second-order valence-corrected chi connectivity index (χ2v) is 9.32. The van der Waals surface area contributed by atoms with Gasteiger partial charge in [-0.1, -0.05) is 35.3 Å². The van der Waals surface area contributed by atoms with Gasteiger partial charge in [0.1, 0.15) is 11.6 Å². The molecule has 0 aliphatic carbocycles. The molecule has 1 aromatic heterocycles. The maximum Gasteiger partial charge on any atom is 0.302 e. The molecule has 0 saturated carbocycles. The van der Waals surface area contributed by atoms with Crippen LogP contribution in [-0.4, -0.2) is 40.9 Å². The van der Waals surface area contributed by atoms with Crippen LogP contribution >= 0.6 is 23.2 Å². The van der Waals surface area contributed by atoms with Crippen molar-refractivity contribution in [2.45, 2.75) is 6.04 Å². The van der Waals surface area contributed by atoms with E-state index in [2.05, 4.69) is 9.97 Å². The highest BCUT2D eigenvalue weighted by Crippen LogP contribution is 2.42. The lowest BCUT2D eigenvalue weighted by Gasteiger charge is -2.24. The average molecular weight is 525 g/mol. The zero-order chi connectivity index (χ0) is 25.7. The fourth-order valence-electron chi connectivity index (χ4n) is 4.20. The number of hydrogen-bond acceptors (Lipinski definition) is 5. The predicted molar refractivity (Wildman–Crippen MR) is 138 cm³/mol. The molecule has 0 bridgehead atoms. The standard InChI is InChI=1S/C26H19Cl2FN4O3/c1-32(2)16-7-3-13(4-8-16)22-21(23(34)14-5-9-17(27)18(28)11-14)24(35)25(36)33(22)26-30-19-10-6-15(29)12-20(19)31-26/h3-12,22,34H,1-2H3,(H,30,31)/b23-21+. The largest absolute Gasteiger partial charge is 0.507 e. The molecule has 0 spiro atoms. The van der Waals surface area contributed by atoms with Gasteiger partial charge in [-0.3, -0.25) is 14.5 Å². The van der Waals surface area contributed by atoms with Crippen molar-refractivity contribution in [3.63, 3.8) is 0 Å². The van der Waals surface area contributed by atoms with Crippen molar-refractivity contribution < 1.29 is 19.1 Å². The Kier molecular flexibility index (Phi) is 5.94. The maximum atomic E-state index is 13.8. The van der Waals surface area contributed by atoms with Crippen LogP contribution < -0.4 is 9.80 Å². The van der Waals surface area contributed by atoms with Gasteiger partial charge in [0.05, 0.1) is 32.7 Å². The molecule has 1 fully saturated rings. The molecule has 1 saturated heterocycles. The number of Topliss-reactive ketones (excluding diaryl/α,β-unsaturated/α-hetero) is 1. The molecule has 10 heteroatoms. The smallest absolute Gasteiger partial charge is 0.302 e. The van der Waals surface area contributed by atoms with Gasteiger partial charge in [0.15, 0.2) is 0 Å². The summed E-state index contributed by atoms with van der Waals surface area (Å²) in [6, 6.07) is 14.6. The summed E-state index contributed by atoms with van der Waals surface area (Å²) in [5.74, 6) is -2.62. The first-order chi connectivity index (χ1) is 17.2. The molecule has 1 amide bonds. The summed E-state index contributed by atoms with van der Waals surface area (Å²) in [6.45, 7) is 0. The van der Waals surface area contributed by atoms with Gasteiger partial charge in [-0.2, -0.15) is 0 Å². The van der Waals surface area contributed by atoms with Gasteiger partial charge in [-0.05, 0) is 54.1 Å². The molecule has 1 aliphatic heterocycles. The van der Waals surface area contributed by atoms with Gasteiger partial charge in [-0.25, -0.2) is 9.37 Å². The molecule has 0 radical (unpaired) electrons. The first-order valence-electron chi connectivity index (χ1n) is 10.8. The van der Waals surface area contributed by atoms with Gasteiger partial charge >= 0.3 is 5.91 Å². The highest BCUT2D eigenvalue weighted by molar-refractivity contribution is 6.51. The predicted octanol–water partition coefficient (Wildman–Crippen LogP) is 5.70. The van der Waals surface area contributed by atoms with E-state index >= 15 is 0 Å². The van der Waals surface area contributed by atoms with Crippen molar-refractivity contribution in [1.29, 1.82) is 0 Å². The first kappa shape index (κ1) is 23.8. The summed E-state index contributed by atoms with van der Waals surface area (Å²) < 4.78 is 13.8. The lowest BCUT2D eigenvalue weighted by molar-refractivity contribution is -0.132. The number of aliphatic hydroxyl groups excluding tert-OH is 1. The summed E-state index contributed by atoms with van der Waals surface area (Å²) >= 11 is 12.1. The van der Waals surface area contributed by atoms with Crippen LogP contribution in [0.25, 0.3) is 16.8 Å². The monoisotopic (exact) mass is 524 g/mol. The van der Waals surface area contributed by atoms with Crippen LogP contribution in [0.15, 0.2) is 66.2 Å². The van der Waals surface area contributed by atoms with E-state index in [4.69, 9.17) is 23.2 Å². The number of anilines is 2. The van der Waals surface area contributed by atoms with Crippen molar-refractivity contribution in [3.05, 3.63) is 93.2 Å². The number of halogens is 3. The van der Waals surface area contributed by atoms with E-state index in [0.29, 0.717) is 16.6 Å². The zero-order valence-corrected chi connectivity index (χ0v) is 20.6. The van der Waals surface area contributed by atoms with Crippen LogP contribution in [0.2, 0.25) is 10.0 Å². The number of aromatic nitrogens is 2. The number of H-pyrrole nitrogens is 1. The Morgan fingerprint density at radius 2 is 1.75 bits per heavy atom. The summed E-state index contributed by atoms with van der Waals surface area (Å²) in [7, 11) is 3.78. The second kappa shape index (κ2) is 8.96. The van der Waals surface area contributed by atoms with Crippen molar-refractivity contribution in [3.8, 4) is 0 Å². The minimum absolute atomic E-state index is 0.0487. The molecule has 3 aromatic carbocycles. The Morgan fingerprint density at radius 3 is 2.42 bits per heavy atom. The molecule has 1 atom stereocenters. The molecule has 182 valence electrons. The summed E-state index contributed by atoms with van der Waals surface area (Å²) in [5, 5.41) is 11.7. The Hall–Kier alpha value is -3.88. The number of aromatic amines is 1. The number of hydrogen-bond donors (Lipinski definition) is 2. The quantitative estimate of drug-likeness (QED) is 0.203. The molecule has 7 nitrogen and oxygen atoms in total. The number of aliphatic hydroxyl groups is 1. The number of nitrogens with one attached hydrogen (secondary N) is 1. The molecular weight excluding hydrogens is 506 g/mol. The molecule has 4 aromatic rings. The van der Waals surface area contributed by atoms with E-state index in [1.807, 2.05) is 31.1 Å². The molecule has 2 heterocycles. The molecule has 2 N–H and O–H groups in total. The Morgan fingerprint density at radius 1 is 1.03 bits per heavy atom. The van der Waals surface area contributed by atoms with Gasteiger partial charge in [0.25, 0.3) is 5.78 Å². The number of rotatable bonds is 4. The maximum absolute atomic E-state index is 13.8. The van der Waals surface area contributed by atoms with Crippen molar-refractivity contribution >= 4 is 63.3 Å². The third-order valence-electron chi connectivity index (χ3n) is 6.02. The number of benzene rings is 3. The van der Waals surface area contributed by atoms with E-state index in [1.54, 1.807) is 12.1 Å². The number of ketones is 1. The number of carbonyl (C=O) groups excluding carboxylic acids is 2. The minimum Gasteiger partial charge on any atom is -0.507 e. The summed E-state index contributed by atoms with van der Waals surface area (Å²) in [6.07, 6.45) is 0. The van der Waals surface area contributed by atoms with Crippen LogP contribution in [0.3, 0.4) is 0 Å². The van der Waals surface area contributed by atoms with Crippen molar-refractivity contribution in [2.75, 3.05) is 23.9 Å². The minimum atomic E-state index is -1.01. The third kappa shape index (κ3) is 3.98. The van der Waals surface area contributed by atoms with Gasteiger partial charge in [0, 0.05) is 25.3 Å². The molecule has 36 heavy (non-hydrogen) atoms. The summed E-state index contributed by atoms with van der Waals surface area (Å²) in [4.78, 5) is 37.0. The van der Waals surface area contributed by atoms with Crippen LogP contribution in [0.4, 0.5) is 16.0 Å². The van der Waals surface area contributed by atoms with Crippen molar-refractivity contribution in [1.82, 2.24) is 9.97 Å². The number of amides is 1. The third-order valence-corrected chi connectivity index (χ3v) is 6.76. The SMILES string of the molecule is CN(C)c1ccc(C2/C(=C(\O)c3ccc(Cl)c(Cl)c3)C(=O)C(=O)N2c2nc3ccc(F)cc3[nH]2)cc1. The van der Waals surface area contributed by atoms with Gasteiger partial charge in [-0.15, -0.1) is 0 Å². The fourth-order valence-corrected chi connectivity index (χ4v) is 4.50. The molecule has 5 rings (SSSR count). The number of carbonyl (C=O) groups is 2. The highest BCUT2D eigenvalue weighted by Gasteiger charge is 2.48. The van der Waals surface area contributed by atoms with E-state index in [0.717, 1.165) is 5.69 Å². The van der Waals surface area contributed by atoms with Crippen LogP contribution in [0.1, 0.15) is 17.2 Å². The highest BCUT2D eigenvalue weighted by atomic mass is 35.5. The first-order valence-corrected chi connectivity index (χ1v) is 11.6. The topological polar surface area (TPSA) is 89.5 Å². The Bertz CT molecular complexity index is 1560. The number of imidazole rings is 1. The van der Waals surface area contributed by atoms with Crippen LogP contribution in [0, 0.1) is 5.82 Å². The number of nitrogens with zero attached hydrogens (tertiary/aromatic N) is 3. The lowest BCUT2D eigenvalue weighted by atomic mass is 9.95. The molecular formula is C26H19Cl2FN4O3. The van der Waals surface area contributed by atoms with Gasteiger partial charge in [0.2, 0.25) is 5.95 Å². The fraction of sp³-hybridized carbons (Fsp3) is 0.115. The average Bonchev–Trinajstić information content (AvgIpc) is 3.38. The van der Waals surface area contributed by atoms with Crippen LogP contribution in [-0.2, 0) is 9.59 Å². The second-order valence-electron chi connectivity index (χ2n) is 8.51. The number of fused-ring (bicyclic) bond motifs is 1. The summed E-state index contributed by atoms with van der Waals surface area (Å²) in [5.41, 5.74) is 2.33. The lowest BCUT2D eigenvalue weighted by Crippen LogP contribution is -2.30. The van der Waals surface area contributed by atoms with E-state index in [9.17, 15) is 19.1 Å². The normalized spacial score (nSPS) is 17.2. The van der Waals surface area contributed by atoms with E-state index < -0.39 is 29.3 Å². The Balaban J connectivity index is 1.72.